The molecule has 1 aliphatic heterocycles. The van der Waals surface area contributed by atoms with Crippen molar-refractivity contribution in [3.05, 3.63) is 0 Å². The Morgan fingerprint density at radius 2 is 0.500 bits per heavy atom. The Labute approximate surface area is 207 Å². The van der Waals surface area contributed by atoms with Crippen LogP contribution >= 0.6 is 0 Å². The molecule has 1 saturated heterocycles. The quantitative estimate of drug-likeness (QED) is 0.256. The predicted octanol–water partition coefficient (Wildman–Crippen LogP) is -6.21. The van der Waals surface area contributed by atoms with Crippen molar-refractivity contribution < 1.29 is 74.8 Å². The van der Waals surface area contributed by atoms with Crippen LogP contribution in [0.1, 0.15) is 62.3 Å². The van der Waals surface area contributed by atoms with Gasteiger partial charge in [0.1, 0.15) is 0 Å². The fraction of sp³-hybridized carbons (Fsp3) is 1.00. The molecule has 0 aromatic carbocycles. The Hall–Kier alpha value is 0.659. The number of hydrogen-bond acceptors (Lipinski definition) is 11. The Morgan fingerprint density at radius 3 is 0.562 bits per heavy atom. The molecule has 11 nitrogen and oxygen atoms in total. The van der Waals surface area contributed by atoms with Crippen molar-refractivity contribution in [1.29, 1.82) is 0 Å². The van der Waals surface area contributed by atoms with Gasteiger partial charge in [-0.1, -0.05) is 0 Å². The fourth-order valence-electron chi connectivity index (χ4n) is 3.07. The molecule has 14 heteroatoms. The molecule has 199 valence electrons. The molecule has 1 heterocycles. The fourth-order valence-corrected chi connectivity index (χ4v) is 3.07. The van der Waals surface area contributed by atoms with Gasteiger partial charge in [-0.3, -0.25) is 14.7 Å². The van der Waals surface area contributed by atoms with Crippen LogP contribution in [-0.4, -0.2) is 70.6 Å². The zero-order chi connectivity index (χ0) is 25.5. The van der Waals surface area contributed by atoms with Gasteiger partial charge >= 0.3 is 17.1 Å². The normalized spacial score (nSPS) is 18.7. The number of nitrogens with zero attached hydrogens (tertiary/aromatic N) is 3. The van der Waals surface area contributed by atoms with Crippen LogP contribution in [0.3, 0.4) is 0 Å². The van der Waals surface area contributed by atoms with Gasteiger partial charge < -0.3 is 0 Å². The Morgan fingerprint density at radius 1 is 0.406 bits per heavy atom. The molecule has 0 saturated carbocycles. The molecule has 1 aliphatic rings. The SMILES string of the molecule is CC(C)(C)N1CCN(C(C)(C)C)CCN(C(C)(C)C)CC1.[Cu+2].[O-][Cl+3]([O-])([O-])[O-].[O-][Cl+3]([O-])([O-])[O-]. The molecule has 0 aromatic heterocycles. The van der Waals surface area contributed by atoms with Crippen molar-refractivity contribution in [2.75, 3.05) is 39.3 Å². The van der Waals surface area contributed by atoms with E-state index in [1.807, 2.05) is 0 Å². The molecule has 1 rings (SSSR count). The van der Waals surface area contributed by atoms with E-state index in [0.717, 1.165) is 0 Å². The summed E-state index contributed by atoms with van der Waals surface area (Å²) in [4.78, 5) is 7.95. The van der Waals surface area contributed by atoms with E-state index in [1.165, 1.54) is 39.3 Å². The largest absolute Gasteiger partial charge is 2.00 e. The summed E-state index contributed by atoms with van der Waals surface area (Å²) in [7, 11) is -9.89. The van der Waals surface area contributed by atoms with Crippen molar-refractivity contribution in [3.8, 4) is 0 Å². The van der Waals surface area contributed by atoms with Crippen LogP contribution in [-0.2, 0) is 17.1 Å². The van der Waals surface area contributed by atoms with Gasteiger partial charge in [0.2, 0.25) is 0 Å². The van der Waals surface area contributed by atoms with Gasteiger partial charge in [-0.15, -0.1) is 20.5 Å². The third-order valence-electron chi connectivity index (χ3n) is 4.77. The number of rotatable bonds is 0. The van der Waals surface area contributed by atoms with Crippen molar-refractivity contribution in [2.45, 2.75) is 78.9 Å². The Bertz CT molecular complexity index is 413. The maximum Gasteiger partial charge on any atom is 2.00 e. The predicted molar refractivity (Wildman–Crippen MR) is 94.0 cm³/mol. The van der Waals surface area contributed by atoms with Crippen LogP contribution < -0.4 is 37.3 Å². The maximum absolute atomic E-state index is 8.49. The molecule has 0 amide bonds. The van der Waals surface area contributed by atoms with Crippen LogP contribution in [0.25, 0.3) is 0 Å². The first kappa shape index (κ1) is 37.2. The Balaban J connectivity index is -0.000000640. The zero-order valence-corrected chi connectivity index (χ0v) is 22.9. The topological polar surface area (TPSA) is 194 Å². The molecule has 0 bridgehead atoms. The third kappa shape index (κ3) is 23.8. The molecule has 1 radical (unpaired) electrons. The van der Waals surface area contributed by atoms with Gasteiger partial charge in [0, 0.05) is 55.9 Å². The average molecular weight is 560 g/mol. The van der Waals surface area contributed by atoms with E-state index in [1.54, 1.807) is 0 Å². The zero-order valence-electron chi connectivity index (χ0n) is 20.4. The monoisotopic (exact) mass is 558 g/mol. The van der Waals surface area contributed by atoms with Crippen molar-refractivity contribution >= 4 is 0 Å². The van der Waals surface area contributed by atoms with E-state index in [4.69, 9.17) is 37.3 Å². The summed E-state index contributed by atoms with van der Waals surface area (Å²) < 4.78 is 67.9. The second-order valence-corrected chi connectivity index (χ2v) is 11.7. The molecule has 1 fully saturated rings. The summed E-state index contributed by atoms with van der Waals surface area (Å²) in [6, 6.07) is 0. The minimum Gasteiger partial charge on any atom is -0.296 e. The molecule has 0 atom stereocenters. The van der Waals surface area contributed by atoms with Crippen LogP contribution in [0.15, 0.2) is 0 Å². The summed E-state index contributed by atoms with van der Waals surface area (Å²) in [5.41, 5.74) is 0.742. The molecule has 0 unspecified atom stereocenters. The first-order valence-electron chi connectivity index (χ1n) is 9.80. The van der Waals surface area contributed by atoms with Gasteiger partial charge in [-0.05, 0) is 62.3 Å². The molecule has 0 N–H and O–H groups in total. The van der Waals surface area contributed by atoms with Crippen LogP contribution in [0, 0.1) is 20.5 Å². The molecule has 0 aliphatic carbocycles. The molecule has 0 spiro atoms. The second-order valence-electron chi connectivity index (χ2n) is 10.2. The van der Waals surface area contributed by atoms with Gasteiger partial charge in [0.25, 0.3) is 0 Å². The molecule has 0 aromatic rings. The van der Waals surface area contributed by atoms with Crippen molar-refractivity contribution in [3.63, 3.8) is 0 Å². The van der Waals surface area contributed by atoms with Gasteiger partial charge in [-0.2, -0.15) is 0 Å². The smallest absolute Gasteiger partial charge is 0.296 e. The van der Waals surface area contributed by atoms with Crippen molar-refractivity contribution in [2.24, 2.45) is 0 Å². The molecule has 32 heavy (non-hydrogen) atoms. The first-order chi connectivity index (χ1) is 13.3. The van der Waals surface area contributed by atoms with Crippen LogP contribution in [0.5, 0.6) is 0 Å². The van der Waals surface area contributed by atoms with E-state index < -0.39 is 20.5 Å². The summed E-state index contributed by atoms with van der Waals surface area (Å²) in [5, 5.41) is 0. The first-order valence-corrected chi connectivity index (χ1v) is 12.3. The third-order valence-corrected chi connectivity index (χ3v) is 4.77. The Kier molecular flexibility index (Phi) is 16.6. The van der Waals surface area contributed by atoms with Gasteiger partial charge in [0.05, 0.1) is 0 Å². The minimum atomic E-state index is -4.94. The number of halogens is 2. The standard InChI is InChI=1S/C18H39N3.2ClHO4.Cu/c1-16(2,3)19-10-12-20(17(4,5)6)14-15-21(13-11-19)18(7,8)9;2*2-1(3,4)5;/h10-15H2,1-9H3;2*(H,2,3,4,5);/q;;;+2/p-2. The van der Waals surface area contributed by atoms with Crippen LogP contribution in [0.4, 0.5) is 0 Å². The average Bonchev–Trinajstić information content (AvgIpc) is 2.50. The molecular weight excluding hydrogens is 521 g/mol. The summed E-state index contributed by atoms with van der Waals surface area (Å²) in [6.07, 6.45) is 0. The summed E-state index contributed by atoms with van der Waals surface area (Å²) >= 11 is 0. The van der Waals surface area contributed by atoms with E-state index in [0.29, 0.717) is 0 Å². The maximum atomic E-state index is 8.49. The van der Waals surface area contributed by atoms with E-state index >= 15 is 0 Å². The van der Waals surface area contributed by atoms with E-state index in [2.05, 4.69) is 77.0 Å². The van der Waals surface area contributed by atoms with E-state index in [-0.39, 0.29) is 33.7 Å². The van der Waals surface area contributed by atoms with Gasteiger partial charge in [-0.25, -0.2) is 37.3 Å². The minimum absolute atomic E-state index is 0. The van der Waals surface area contributed by atoms with Crippen molar-refractivity contribution in [1.82, 2.24) is 14.7 Å². The second kappa shape index (κ2) is 14.3. The van der Waals surface area contributed by atoms with Crippen LogP contribution in [0.2, 0.25) is 0 Å². The van der Waals surface area contributed by atoms with Gasteiger partial charge in [0.15, 0.2) is 0 Å². The molecular formula is C18H39Cl2CuN3O8. The summed E-state index contributed by atoms with van der Waals surface area (Å²) in [5.74, 6) is 0. The number of hydrogen-bond donors (Lipinski definition) is 0. The summed E-state index contributed by atoms with van der Waals surface area (Å²) in [6.45, 7) is 28.1. The van der Waals surface area contributed by atoms with E-state index in [9.17, 15) is 0 Å².